The highest BCUT2D eigenvalue weighted by atomic mass is 16.2. The van der Waals surface area contributed by atoms with Crippen molar-refractivity contribution in [2.24, 2.45) is 5.92 Å². The molecule has 132 valence electrons. The molecule has 0 atom stereocenters. The van der Waals surface area contributed by atoms with Gasteiger partial charge in [0.2, 0.25) is 5.95 Å². The molecule has 0 radical (unpaired) electrons. The highest BCUT2D eigenvalue weighted by Crippen LogP contribution is 2.23. The fraction of sp³-hybridized carbons (Fsp3) is 0.300. The van der Waals surface area contributed by atoms with Crippen LogP contribution in [0.5, 0.6) is 0 Å². The fourth-order valence-electron chi connectivity index (χ4n) is 3.22. The Kier molecular flexibility index (Phi) is 4.48. The number of nitrogens with zero attached hydrogens (tertiary/aromatic N) is 4. The van der Waals surface area contributed by atoms with Gasteiger partial charge < -0.3 is 10.2 Å². The molecular weight excluding hydrogens is 326 g/mol. The first-order valence-electron chi connectivity index (χ1n) is 8.93. The lowest BCUT2D eigenvalue weighted by Gasteiger charge is -2.30. The second kappa shape index (κ2) is 7.07. The largest absolute Gasteiger partial charge is 0.339 e. The third-order valence-electron chi connectivity index (χ3n) is 4.85. The van der Waals surface area contributed by atoms with Gasteiger partial charge in [-0.2, -0.15) is 0 Å². The van der Waals surface area contributed by atoms with Crippen LogP contribution in [-0.4, -0.2) is 38.8 Å². The first-order chi connectivity index (χ1) is 12.7. The molecule has 0 bridgehead atoms. The van der Waals surface area contributed by atoms with Crippen molar-refractivity contribution in [3.05, 3.63) is 54.5 Å². The van der Waals surface area contributed by atoms with Gasteiger partial charge in [-0.3, -0.25) is 9.78 Å². The molecule has 1 N–H and O–H groups in total. The van der Waals surface area contributed by atoms with E-state index < -0.39 is 0 Å². The molecule has 26 heavy (non-hydrogen) atoms. The number of pyridine rings is 1. The molecule has 4 rings (SSSR count). The number of carbonyl (C=O) groups excluding carboxylic acids is 1. The molecule has 6 nitrogen and oxygen atoms in total. The molecular formula is C20H21N5O. The second-order valence-corrected chi connectivity index (χ2v) is 6.78. The summed E-state index contributed by atoms with van der Waals surface area (Å²) in [6.45, 7) is 3.84. The van der Waals surface area contributed by atoms with Crippen LogP contribution in [-0.2, 0) is 0 Å². The summed E-state index contributed by atoms with van der Waals surface area (Å²) in [4.78, 5) is 27.5. The molecule has 0 saturated carbocycles. The minimum absolute atomic E-state index is 0.00952. The van der Waals surface area contributed by atoms with Crippen LogP contribution in [0.2, 0.25) is 0 Å². The van der Waals surface area contributed by atoms with E-state index in [1.54, 1.807) is 18.6 Å². The normalized spacial score (nSPS) is 15.2. The number of amides is 1. The van der Waals surface area contributed by atoms with Gasteiger partial charge in [0, 0.05) is 37.1 Å². The third kappa shape index (κ3) is 3.35. The predicted octanol–water partition coefficient (Wildman–Crippen LogP) is 3.64. The number of carbonyl (C=O) groups is 1. The zero-order chi connectivity index (χ0) is 17.9. The smallest absolute Gasteiger partial charge is 0.256 e. The SMILES string of the molecule is CC1CCN(C(=O)c2cnc(Nc3cccc4cccnc34)nc2)CC1. The van der Waals surface area contributed by atoms with E-state index in [0.717, 1.165) is 42.5 Å². The van der Waals surface area contributed by atoms with E-state index in [4.69, 9.17) is 0 Å². The highest BCUT2D eigenvalue weighted by molar-refractivity contribution is 5.94. The van der Waals surface area contributed by atoms with Gasteiger partial charge in [-0.25, -0.2) is 9.97 Å². The van der Waals surface area contributed by atoms with Crippen molar-refractivity contribution < 1.29 is 4.79 Å². The number of piperidine rings is 1. The fourth-order valence-corrected chi connectivity index (χ4v) is 3.22. The number of benzene rings is 1. The number of hydrogen-bond acceptors (Lipinski definition) is 5. The van der Waals surface area contributed by atoms with Gasteiger partial charge in [0.1, 0.15) is 0 Å². The molecule has 2 aromatic heterocycles. The van der Waals surface area contributed by atoms with Crippen LogP contribution in [0.3, 0.4) is 0 Å². The molecule has 1 saturated heterocycles. The highest BCUT2D eigenvalue weighted by Gasteiger charge is 2.21. The molecule has 6 heteroatoms. The minimum atomic E-state index is 0.00952. The van der Waals surface area contributed by atoms with Crippen molar-refractivity contribution >= 4 is 28.4 Å². The van der Waals surface area contributed by atoms with E-state index in [1.165, 1.54) is 0 Å². The molecule has 3 aromatic rings. The van der Waals surface area contributed by atoms with Crippen LogP contribution in [0, 0.1) is 5.92 Å². The lowest BCUT2D eigenvalue weighted by atomic mass is 9.99. The van der Waals surface area contributed by atoms with Crippen LogP contribution >= 0.6 is 0 Å². The van der Waals surface area contributed by atoms with Crippen LogP contribution in [0.1, 0.15) is 30.1 Å². The maximum atomic E-state index is 12.6. The Bertz CT molecular complexity index is 912. The Morgan fingerprint density at radius 2 is 1.81 bits per heavy atom. The van der Waals surface area contributed by atoms with Gasteiger partial charge in [0.05, 0.1) is 16.8 Å². The van der Waals surface area contributed by atoms with Gasteiger partial charge in [-0.05, 0) is 30.9 Å². The number of anilines is 2. The van der Waals surface area contributed by atoms with E-state index in [0.29, 0.717) is 17.4 Å². The molecule has 1 aliphatic rings. The van der Waals surface area contributed by atoms with Gasteiger partial charge in [-0.15, -0.1) is 0 Å². The summed E-state index contributed by atoms with van der Waals surface area (Å²) in [5.74, 6) is 1.15. The number of rotatable bonds is 3. The average Bonchev–Trinajstić information content (AvgIpc) is 2.69. The van der Waals surface area contributed by atoms with Crippen LogP contribution in [0.4, 0.5) is 11.6 Å². The number of nitrogens with one attached hydrogen (secondary N) is 1. The van der Waals surface area contributed by atoms with Crippen molar-refractivity contribution in [2.45, 2.75) is 19.8 Å². The van der Waals surface area contributed by atoms with E-state index in [2.05, 4.69) is 27.2 Å². The summed E-state index contributed by atoms with van der Waals surface area (Å²) < 4.78 is 0. The van der Waals surface area contributed by atoms with Gasteiger partial charge in [0.25, 0.3) is 5.91 Å². The Morgan fingerprint density at radius 3 is 2.58 bits per heavy atom. The van der Waals surface area contributed by atoms with Crippen LogP contribution in [0.25, 0.3) is 10.9 Å². The zero-order valence-electron chi connectivity index (χ0n) is 14.7. The number of aromatic nitrogens is 3. The number of likely N-dealkylation sites (tertiary alicyclic amines) is 1. The summed E-state index contributed by atoms with van der Waals surface area (Å²) in [5, 5.41) is 4.23. The summed E-state index contributed by atoms with van der Waals surface area (Å²) in [7, 11) is 0. The van der Waals surface area contributed by atoms with Gasteiger partial charge in [-0.1, -0.05) is 25.1 Å². The minimum Gasteiger partial charge on any atom is -0.339 e. The topological polar surface area (TPSA) is 71.0 Å². The maximum absolute atomic E-state index is 12.6. The summed E-state index contributed by atoms with van der Waals surface area (Å²) >= 11 is 0. The number of fused-ring (bicyclic) bond motifs is 1. The van der Waals surface area contributed by atoms with Crippen molar-refractivity contribution in [3.8, 4) is 0 Å². The standard InChI is InChI=1S/C20H21N5O/c1-14-7-10-25(11-8-14)19(26)16-12-22-20(23-13-16)24-17-6-2-4-15-5-3-9-21-18(15)17/h2-6,9,12-14H,7-8,10-11H2,1H3,(H,22,23,24). The second-order valence-electron chi connectivity index (χ2n) is 6.78. The van der Waals surface area contributed by atoms with Crippen LogP contribution in [0.15, 0.2) is 48.9 Å². The van der Waals surface area contributed by atoms with E-state index in [9.17, 15) is 4.79 Å². The molecule has 1 amide bonds. The Balaban J connectivity index is 1.50. The third-order valence-corrected chi connectivity index (χ3v) is 4.85. The van der Waals surface area contributed by atoms with E-state index in [1.807, 2.05) is 35.2 Å². The summed E-state index contributed by atoms with van der Waals surface area (Å²) in [6.07, 6.45) is 7.05. The molecule has 0 spiro atoms. The van der Waals surface area contributed by atoms with Gasteiger partial charge >= 0.3 is 0 Å². The van der Waals surface area contributed by atoms with Crippen molar-refractivity contribution in [1.29, 1.82) is 0 Å². The average molecular weight is 347 g/mol. The molecule has 3 heterocycles. The Labute approximate surface area is 152 Å². The van der Waals surface area contributed by atoms with Crippen molar-refractivity contribution in [1.82, 2.24) is 19.9 Å². The number of para-hydroxylation sites is 1. The summed E-state index contributed by atoms with van der Waals surface area (Å²) in [5.41, 5.74) is 2.23. The maximum Gasteiger partial charge on any atom is 0.256 e. The molecule has 0 unspecified atom stereocenters. The molecule has 0 aliphatic carbocycles. The predicted molar refractivity (Wildman–Crippen MR) is 101 cm³/mol. The van der Waals surface area contributed by atoms with Crippen molar-refractivity contribution in [2.75, 3.05) is 18.4 Å². The number of hydrogen-bond donors (Lipinski definition) is 1. The first-order valence-corrected chi connectivity index (χ1v) is 8.93. The molecule has 1 aliphatic heterocycles. The Hall–Kier alpha value is -3.02. The van der Waals surface area contributed by atoms with Gasteiger partial charge in [0.15, 0.2) is 0 Å². The Morgan fingerprint density at radius 1 is 1.08 bits per heavy atom. The quantitative estimate of drug-likeness (QED) is 0.783. The molecule has 1 aromatic carbocycles. The molecule has 1 fully saturated rings. The van der Waals surface area contributed by atoms with E-state index >= 15 is 0 Å². The van der Waals surface area contributed by atoms with E-state index in [-0.39, 0.29) is 5.91 Å². The first kappa shape index (κ1) is 16.4. The lowest BCUT2D eigenvalue weighted by molar-refractivity contribution is 0.0696. The van der Waals surface area contributed by atoms with Crippen molar-refractivity contribution in [3.63, 3.8) is 0 Å². The zero-order valence-corrected chi connectivity index (χ0v) is 14.7. The monoisotopic (exact) mass is 347 g/mol. The van der Waals surface area contributed by atoms with Crippen LogP contribution < -0.4 is 5.32 Å². The lowest BCUT2D eigenvalue weighted by Crippen LogP contribution is -2.38. The summed E-state index contributed by atoms with van der Waals surface area (Å²) in [6, 6.07) is 9.82.